The molecule has 2 aliphatic rings. The summed E-state index contributed by atoms with van der Waals surface area (Å²) in [7, 11) is 0. The van der Waals surface area contributed by atoms with Gasteiger partial charge in [0.05, 0.1) is 12.2 Å². The van der Waals surface area contributed by atoms with Gasteiger partial charge in [-0.25, -0.2) is 0 Å². The summed E-state index contributed by atoms with van der Waals surface area (Å²) in [6.45, 7) is 12.5. The number of thioether (sulfide) groups is 1. The number of nitrogens with zero attached hydrogens (tertiary/aromatic N) is 1. The molecule has 0 saturated carbocycles. The lowest BCUT2D eigenvalue weighted by Gasteiger charge is -2.38. The number of hydrogen-bond donors (Lipinski definition) is 1. The molecular formula is C15H30N2OS. The molecule has 0 aliphatic carbocycles. The topological polar surface area (TPSA) is 24.5 Å². The largest absolute Gasteiger partial charge is 0.372 e. The van der Waals surface area contributed by atoms with E-state index in [1.165, 1.54) is 25.1 Å². The van der Waals surface area contributed by atoms with Crippen LogP contribution < -0.4 is 5.32 Å². The predicted octanol–water partition coefficient (Wildman–Crippen LogP) is 2.36. The Morgan fingerprint density at radius 2 is 2.00 bits per heavy atom. The average Bonchev–Trinajstić information content (AvgIpc) is 2.80. The monoisotopic (exact) mass is 286 g/mol. The van der Waals surface area contributed by atoms with Gasteiger partial charge in [-0.05, 0) is 19.8 Å². The Hall–Kier alpha value is 0.230. The van der Waals surface area contributed by atoms with Crippen LogP contribution in [0.3, 0.4) is 0 Å². The molecule has 4 heteroatoms. The lowest BCUT2D eigenvalue weighted by Crippen LogP contribution is -2.47. The van der Waals surface area contributed by atoms with Gasteiger partial charge in [-0.3, -0.25) is 4.90 Å². The Morgan fingerprint density at radius 1 is 1.26 bits per heavy atom. The molecule has 2 heterocycles. The van der Waals surface area contributed by atoms with E-state index in [4.69, 9.17) is 4.74 Å². The van der Waals surface area contributed by atoms with Crippen LogP contribution in [0.2, 0.25) is 0 Å². The van der Waals surface area contributed by atoms with Crippen LogP contribution in [0.4, 0.5) is 0 Å². The molecule has 0 radical (unpaired) electrons. The molecular weight excluding hydrogens is 256 g/mol. The lowest BCUT2D eigenvalue weighted by molar-refractivity contribution is 0.0159. The summed E-state index contributed by atoms with van der Waals surface area (Å²) in [5.74, 6) is 1.27. The maximum Gasteiger partial charge on any atom is 0.0707 e. The highest BCUT2D eigenvalue weighted by Gasteiger charge is 2.31. The highest BCUT2D eigenvalue weighted by molar-refractivity contribution is 8.00. The number of nitrogens with one attached hydrogen (secondary N) is 1. The Bertz CT molecular complexity index is 275. The first-order valence-corrected chi connectivity index (χ1v) is 8.85. The fraction of sp³-hybridized carbons (Fsp3) is 1.00. The summed E-state index contributed by atoms with van der Waals surface area (Å²) in [6, 6.07) is 1.25. The highest BCUT2D eigenvalue weighted by Crippen LogP contribution is 2.27. The molecule has 0 spiro atoms. The third-order valence-electron chi connectivity index (χ3n) is 4.40. The van der Waals surface area contributed by atoms with Gasteiger partial charge in [-0.2, -0.15) is 11.8 Å². The molecule has 0 aromatic heterocycles. The van der Waals surface area contributed by atoms with E-state index in [1.807, 2.05) is 0 Å². The van der Waals surface area contributed by atoms with Crippen LogP contribution in [0.25, 0.3) is 0 Å². The zero-order valence-electron chi connectivity index (χ0n) is 12.9. The van der Waals surface area contributed by atoms with E-state index in [2.05, 4.69) is 49.7 Å². The summed E-state index contributed by atoms with van der Waals surface area (Å²) in [4.78, 5) is 2.63. The standard InChI is InChI=1S/C15H30N2OS/c1-11(2)16-9-14-5-6-15(18-14)10-17-7-8-19-13(4)12(17)3/h11-16H,5-10H2,1-4H3. The van der Waals surface area contributed by atoms with Crippen LogP contribution in [-0.2, 0) is 4.74 Å². The predicted molar refractivity (Wildman–Crippen MR) is 84.0 cm³/mol. The molecule has 2 rings (SSSR count). The fourth-order valence-corrected chi connectivity index (χ4v) is 4.11. The van der Waals surface area contributed by atoms with Crippen molar-refractivity contribution >= 4 is 11.8 Å². The van der Waals surface area contributed by atoms with Crippen LogP contribution in [0.15, 0.2) is 0 Å². The quantitative estimate of drug-likeness (QED) is 0.838. The van der Waals surface area contributed by atoms with Crippen LogP contribution in [-0.4, -0.2) is 59.8 Å². The van der Waals surface area contributed by atoms with Crippen molar-refractivity contribution in [2.45, 2.75) is 70.1 Å². The molecule has 4 unspecified atom stereocenters. The first-order chi connectivity index (χ1) is 9.06. The summed E-state index contributed by atoms with van der Waals surface area (Å²) in [5, 5.41) is 4.24. The van der Waals surface area contributed by atoms with Gasteiger partial charge in [0.2, 0.25) is 0 Å². The van der Waals surface area contributed by atoms with Crippen LogP contribution in [0.1, 0.15) is 40.5 Å². The maximum absolute atomic E-state index is 6.19. The van der Waals surface area contributed by atoms with Crippen molar-refractivity contribution in [1.29, 1.82) is 0 Å². The van der Waals surface area contributed by atoms with E-state index in [0.29, 0.717) is 24.3 Å². The minimum absolute atomic E-state index is 0.430. The Labute approximate surface area is 122 Å². The van der Waals surface area contributed by atoms with Gasteiger partial charge in [0.25, 0.3) is 0 Å². The van der Waals surface area contributed by atoms with E-state index in [9.17, 15) is 0 Å². The second-order valence-corrected chi connectivity index (χ2v) is 7.82. The second kappa shape index (κ2) is 7.30. The van der Waals surface area contributed by atoms with Crippen molar-refractivity contribution in [1.82, 2.24) is 10.2 Å². The van der Waals surface area contributed by atoms with Gasteiger partial charge >= 0.3 is 0 Å². The van der Waals surface area contributed by atoms with E-state index in [-0.39, 0.29) is 0 Å². The zero-order valence-corrected chi connectivity index (χ0v) is 13.7. The van der Waals surface area contributed by atoms with Gasteiger partial charge in [0, 0.05) is 42.7 Å². The Kier molecular flexibility index (Phi) is 6.00. The Morgan fingerprint density at radius 3 is 2.74 bits per heavy atom. The first kappa shape index (κ1) is 15.6. The van der Waals surface area contributed by atoms with Gasteiger partial charge in [-0.1, -0.05) is 20.8 Å². The minimum Gasteiger partial charge on any atom is -0.372 e. The minimum atomic E-state index is 0.430. The second-order valence-electron chi connectivity index (χ2n) is 6.33. The molecule has 0 bridgehead atoms. The average molecular weight is 286 g/mol. The molecule has 0 amide bonds. The molecule has 4 atom stereocenters. The van der Waals surface area contributed by atoms with Gasteiger partial charge in [0.15, 0.2) is 0 Å². The molecule has 0 aromatic rings. The lowest BCUT2D eigenvalue weighted by atomic mass is 10.1. The third-order valence-corrected chi connectivity index (χ3v) is 5.74. The third kappa shape index (κ3) is 4.62. The van der Waals surface area contributed by atoms with Crippen molar-refractivity contribution < 1.29 is 4.74 Å². The van der Waals surface area contributed by atoms with E-state index >= 15 is 0 Å². The molecule has 2 fully saturated rings. The van der Waals surface area contributed by atoms with Crippen molar-refractivity contribution in [3.63, 3.8) is 0 Å². The summed E-state index contributed by atoms with van der Waals surface area (Å²) in [6.07, 6.45) is 3.34. The van der Waals surface area contributed by atoms with Crippen LogP contribution >= 0.6 is 11.8 Å². The molecule has 2 aliphatic heterocycles. The van der Waals surface area contributed by atoms with E-state index in [1.54, 1.807) is 0 Å². The summed E-state index contributed by atoms with van der Waals surface area (Å²) >= 11 is 2.11. The molecule has 1 N–H and O–H groups in total. The van der Waals surface area contributed by atoms with Crippen molar-refractivity contribution in [3.8, 4) is 0 Å². The van der Waals surface area contributed by atoms with Crippen LogP contribution in [0, 0.1) is 0 Å². The maximum atomic E-state index is 6.19. The fourth-order valence-electron chi connectivity index (χ4n) is 2.95. The zero-order chi connectivity index (χ0) is 13.8. The van der Waals surface area contributed by atoms with Gasteiger partial charge in [-0.15, -0.1) is 0 Å². The van der Waals surface area contributed by atoms with Crippen molar-refractivity contribution in [2.75, 3.05) is 25.4 Å². The van der Waals surface area contributed by atoms with E-state index < -0.39 is 0 Å². The smallest absolute Gasteiger partial charge is 0.0707 e. The normalized spacial score (nSPS) is 37.1. The molecule has 19 heavy (non-hydrogen) atoms. The van der Waals surface area contributed by atoms with Crippen molar-refractivity contribution in [3.05, 3.63) is 0 Å². The van der Waals surface area contributed by atoms with E-state index in [0.717, 1.165) is 18.3 Å². The Balaban J connectivity index is 1.72. The van der Waals surface area contributed by atoms with Crippen LogP contribution in [0.5, 0.6) is 0 Å². The molecule has 112 valence electrons. The highest BCUT2D eigenvalue weighted by atomic mass is 32.2. The van der Waals surface area contributed by atoms with Gasteiger partial charge < -0.3 is 10.1 Å². The summed E-state index contributed by atoms with van der Waals surface area (Å²) in [5.41, 5.74) is 0. The number of hydrogen-bond acceptors (Lipinski definition) is 4. The SMILES string of the molecule is CC(C)NCC1CCC(CN2CCSC(C)C2C)O1. The molecule has 2 saturated heterocycles. The first-order valence-electron chi connectivity index (χ1n) is 7.80. The molecule has 0 aromatic carbocycles. The number of rotatable bonds is 5. The summed E-state index contributed by atoms with van der Waals surface area (Å²) < 4.78 is 6.19. The van der Waals surface area contributed by atoms with Crippen molar-refractivity contribution in [2.24, 2.45) is 0 Å². The van der Waals surface area contributed by atoms with Gasteiger partial charge in [0.1, 0.15) is 0 Å². The molecule has 3 nitrogen and oxygen atoms in total. The number of ether oxygens (including phenoxy) is 1.